The third-order valence-corrected chi connectivity index (χ3v) is 14.2. The molecule has 1 unspecified atom stereocenters. The minimum absolute atomic E-state index is 0.0658. The first-order valence-corrected chi connectivity index (χ1v) is 18.6. The van der Waals surface area contributed by atoms with Crippen LogP contribution in [0.1, 0.15) is 52.9 Å². The first-order valence-electron chi connectivity index (χ1n) is 13.1. The molecule has 0 bridgehead atoms. The molecular weight excluding hydrogens is 600 g/mol. The summed E-state index contributed by atoms with van der Waals surface area (Å²) >= 11 is 6.46. The zero-order chi connectivity index (χ0) is 28.1. The molecule has 1 aliphatic rings. The van der Waals surface area contributed by atoms with Gasteiger partial charge >= 0.3 is 5.97 Å². The highest BCUT2D eigenvalue weighted by Gasteiger charge is 2.39. The van der Waals surface area contributed by atoms with Crippen LogP contribution in [0, 0.1) is 6.92 Å². The minimum atomic E-state index is -1.99. The molecule has 0 saturated carbocycles. The number of hydrogen-bond acceptors (Lipinski definition) is 7. The van der Waals surface area contributed by atoms with E-state index in [1.165, 1.54) is 41.3 Å². The summed E-state index contributed by atoms with van der Waals surface area (Å²) < 4.78 is 12.9. The van der Waals surface area contributed by atoms with Gasteiger partial charge in [0.15, 0.2) is 8.32 Å². The van der Waals surface area contributed by atoms with E-state index in [2.05, 4.69) is 79.9 Å². The molecule has 2 aromatic rings. The molecule has 1 aromatic heterocycles. The van der Waals surface area contributed by atoms with E-state index in [1.807, 2.05) is 11.1 Å². The Morgan fingerprint density at radius 2 is 1.92 bits per heavy atom. The summed E-state index contributed by atoms with van der Waals surface area (Å²) in [5.41, 5.74) is 2.50. The smallest absolute Gasteiger partial charge is 0.348 e. The lowest BCUT2D eigenvalue weighted by molar-refractivity contribution is 0.0161. The molecule has 10 heteroatoms. The minimum Gasteiger partial charge on any atom is -0.465 e. The van der Waals surface area contributed by atoms with Gasteiger partial charge in [0.25, 0.3) is 5.24 Å². The number of methoxy groups -OCH3 is 1. The number of thiophene rings is 1. The predicted molar refractivity (Wildman–Crippen MR) is 165 cm³/mol. The van der Waals surface area contributed by atoms with Crippen molar-refractivity contribution in [2.24, 2.45) is 0 Å². The van der Waals surface area contributed by atoms with Crippen molar-refractivity contribution < 1.29 is 18.8 Å². The Morgan fingerprint density at radius 3 is 2.58 bits per heavy atom. The fraction of sp³-hybridized carbons (Fsp3) is 0.571. The molecule has 3 rings (SSSR count). The Morgan fingerprint density at radius 1 is 1.18 bits per heavy atom. The van der Waals surface area contributed by atoms with Gasteiger partial charge in [0.2, 0.25) is 0 Å². The Bertz CT molecular complexity index is 1100. The number of halogens is 1. The third-order valence-electron chi connectivity index (χ3n) is 7.29. The monoisotopic (exact) mass is 640 g/mol. The summed E-state index contributed by atoms with van der Waals surface area (Å²) in [5.74, 6) is 0.472. The Kier molecular flexibility index (Phi) is 11.1. The molecule has 6 nitrogen and oxygen atoms in total. The van der Waals surface area contributed by atoms with Crippen LogP contribution < -0.4 is 0 Å². The van der Waals surface area contributed by atoms with Gasteiger partial charge in [-0.05, 0) is 73.3 Å². The molecule has 0 aliphatic carbocycles. The first-order chi connectivity index (χ1) is 17.8. The second-order valence-corrected chi connectivity index (χ2v) is 19.2. The van der Waals surface area contributed by atoms with Crippen LogP contribution in [0.25, 0.3) is 0 Å². The van der Waals surface area contributed by atoms with Crippen molar-refractivity contribution in [2.45, 2.75) is 71.2 Å². The number of amides is 1. The highest BCUT2D eigenvalue weighted by atomic mass is 79.9. The van der Waals surface area contributed by atoms with Crippen LogP contribution in [-0.4, -0.2) is 68.1 Å². The van der Waals surface area contributed by atoms with Crippen molar-refractivity contribution >= 4 is 58.6 Å². The van der Waals surface area contributed by atoms with Gasteiger partial charge in [0, 0.05) is 41.2 Å². The summed E-state index contributed by atoms with van der Waals surface area (Å²) in [7, 11) is -0.595. The van der Waals surface area contributed by atoms with Crippen LogP contribution in [0.15, 0.2) is 34.8 Å². The number of ether oxygens (including phenoxy) is 1. The normalized spacial score (nSPS) is 16.1. The molecule has 1 aromatic carbocycles. The number of thioether (sulfide) groups is 1. The molecule has 210 valence electrons. The highest BCUT2D eigenvalue weighted by molar-refractivity contribution is 9.10. The molecule has 38 heavy (non-hydrogen) atoms. The van der Waals surface area contributed by atoms with E-state index in [0.717, 1.165) is 41.0 Å². The number of esters is 1. The largest absolute Gasteiger partial charge is 0.465 e. The molecule has 2 heterocycles. The van der Waals surface area contributed by atoms with Gasteiger partial charge in [-0.1, -0.05) is 54.5 Å². The summed E-state index contributed by atoms with van der Waals surface area (Å²) in [6.45, 7) is 15.7. The van der Waals surface area contributed by atoms with Crippen molar-refractivity contribution in [3.8, 4) is 0 Å². The zero-order valence-electron chi connectivity index (χ0n) is 23.6. The molecule has 1 aliphatic heterocycles. The van der Waals surface area contributed by atoms with Gasteiger partial charge in [-0.3, -0.25) is 9.80 Å². The number of carbonyl (C=O) groups is 2. The summed E-state index contributed by atoms with van der Waals surface area (Å²) in [4.78, 5) is 26.4. The Hall–Kier alpha value is -1.17. The maximum atomic E-state index is 12.9. The molecule has 1 atom stereocenters. The van der Waals surface area contributed by atoms with E-state index in [-0.39, 0.29) is 22.4 Å². The highest BCUT2D eigenvalue weighted by Crippen LogP contribution is 2.38. The summed E-state index contributed by atoms with van der Waals surface area (Å²) in [5, 5.41) is 4.29. The lowest BCUT2D eigenvalue weighted by atomic mass is 10.0. The SMILES string of the molecule is COC(=O)c1ccc(CCN2C(=O)SCCN2CCC(Cc2cc(C)cc(Br)c2)O[Si](C)(C)C(C)(C)C)s1. The van der Waals surface area contributed by atoms with Crippen LogP contribution in [-0.2, 0) is 22.0 Å². The Balaban J connectivity index is 1.71. The average Bonchev–Trinajstić information content (AvgIpc) is 3.29. The fourth-order valence-corrected chi connectivity index (χ4v) is 8.03. The van der Waals surface area contributed by atoms with Crippen LogP contribution >= 0.6 is 39.0 Å². The molecule has 0 radical (unpaired) electrons. The van der Waals surface area contributed by atoms with Crippen LogP contribution in [0.2, 0.25) is 18.1 Å². The number of hydrazine groups is 1. The van der Waals surface area contributed by atoms with E-state index < -0.39 is 8.32 Å². The van der Waals surface area contributed by atoms with Crippen molar-refractivity contribution in [3.63, 3.8) is 0 Å². The van der Waals surface area contributed by atoms with E-state index in [9.17, 15) is 9.59 Å². The standard InChI is InChI=1S/C28H41BrN2O4S2Si/c1-20-16-21(18-22(29)17-20)19-23(35-38(6,7)28(2,3)4)10-12-30-14-15-36-27(33)31(30)13-11-24-8-9-25(37-24)26(32)34-5/h8-9,16-18,23H,10-15,19H2,1-7H3. The molecule has 1 amide bonds. The summed E-state index contributed by atoms with van der Waals surface area (Å²) in [6.07, 6.45) is 2.45. The van der Waals surface area contributed by atoms with E-state index in [1.54, 1.807) is 6.07 Å². The topological polar surface area (TPSA) is 59.1 Å². The lowest BCUT2D eigenvalue weighted by Crippen LogP contribution is -2.51. The first kappa shape index (κ1) is 31.4. The molecule has 1 saturated heterocycles. The van der Waals surface area contributed by atoms with Crippen molar-refractivity contribution in [1.29, 1.82) is 0 Å². The molecule has 1 fully saturated rings. The molecule has 0 spiro atoms. The second-order valence-electron chi connectivity index (χ2n) is 11.3. The lowest BCUT2D eigenvalue weighted by Gasteiger charge is -2.41. The quantitative estimate of drug-likeness (QED) is 0.187. The number of aryl methyl sites for hydroxylation is 1. The average molecular weight is 642 g/mol. The van der Waals surface area contributed by atoms with Crippen LogP contribution in [0.3, 0.4) is 0 Å². The number of hydrogen-bond donors (Lipinski definition) is 0. The molecule has 0 N–H and O–H groups in total. The maximum Gasteiger partial charge on any atom is 0.348 e. The number of nitrogens with zero attached hydrogens (tertiary/aromatic N) is 2. The zero-order valence-corrected chi connectivity index (χ0v) is 27.9. The van der Waals surface area contributed by atoms with Gasteiger partial charge < -0.3 is 9.16 Å². The van der Waals surface area contributed by atoms with E-state index in [4.69, 9.17) is 9.16 Å². The number of carbonyl (C=O) groups excluding carboxylic acids is 2. The van der Waals surface area contributed by atoms with Crippen molar-refractivity contribution in [1.82, 2.24) is 10.0 Å². The van der Waals surface area contributed by atoms with Crippen LogP contribution in [0.4, 0.5) is 4.79 Å². The third kappa shape index (κ3) is 8.66. The number of rotatable bonds is 11. The Labute approximate surface area is 245 Å². The van der Waals surface area contributed by atoms with Gasteiger partial charge in [-0.2, -0.15) is 0 Å². The maximum absolute atomic E-state index is 12.9. The predicted octanol–water partition coefficient (Wildman–Crippen LogP) is 7.56. The second kappa shape index (κ2) is 13.5. The van der Waals surface area contributed by atoms with Crippen LogP contribution in [0.5, 0.6) is 0 Å². The van der Waals surface area contributed by atoms with Gasteiger partial charge in [-0.15, -0.1) is 11.3 Å². The number of benzene rings is 1. The van der Waals surface area contributed by atoms with Gasteiger partial charge in [-0.25, -0.2) is 9.80 Å². The summed E-state index contributed by atoms with van der Waals surface area (Å²) in [6, 6.07) is 10.3. The fourth-order valence-electron chi connectivity index (χ4n) is 4.23. The van der Waals surface area contributed by atoms with Gasteiger partial charge in [0.1, 0.15) is 4.88 Å². The van der Waals surface area contributed by atoms with Gasteiger partial charge in [0.05, 0.1) is 13.2 Å². The molecular formula is C28H41BrN2O4S2Si. The van der Waals surface area contributed by atoms with E-state index in [0.29, 0.717) is 17.8 Å². The van der Waals surface area contributed by atoms with Crippen molar-refractivity contribution in [2.75, 3.05) is 32.5 Å². The van der Waals surface area contributed by atoms with Crippen molar-refractivity contribution in [3.05, 3.63) is 55.7 Å². The van der Waals surface area contributed by atoms with E-state index >= 15 is 0 Å².